The molecule has 2 aromatic heterocycles. The third kappa shape index (κ3) is 12.2. The van der Waals surface area contributed by atoms with Crippen LogP contribution in [0.5, 0.6) is 23.0 Å². The van der Waals surface area contributed by atoms with Gasteiger partial charge >= 0.3 is 24.0 Å². The Bertz CT molecular complexity index is 3130. The first-order valence-corrected chi connectivity index (χ1v) is 26.5. The van der Waals surface area contributed by atoms with E-state index in [1.165, 1.54) is 25.0 Å². The van der Waals surface area contributed by atoms with Crippen molar-refractivity contribution in [2.24, 2.45) is 0 Å². The average Bonchev–Trinajstić information content (AvgIpc) is 4.27. The molecule has 4 aliphatic heterocycles. The van der Waals surface area contributed by atoms with E-state index in [9.17, 15) is 38.4 Å². The number of thiazole rings is 2. The van der Waals surface area contributed by atoms with Gasteiger partial charge in [-0.1, -0.05) is 36.4 Å². The number of esters is 2. The molecule has 0 saturated carbocycles. The van der Waals surface area contributed by atoms with Crippen LogP contribution >= 0.6 is 22.7 Å². The van der Waals surface area contributed by atoms with Gasteiger partial charge in [-0.2, -0.15) is 0 Å². The van der Waals surface area contributed by atoms with Crippen LogP contribution in [0, 0.1) is 0 Å². The van der Waals surface area contributed by atoms with E-state index >= 15 is 0 Å². The molecule has 0 bridgehead atoms. The molecule has 0 aliphatic carbocycles. The molecule has 26 heteroatoms. The molecular weight excluding hydrogens is 1080 g/mol. The fourth-order valence-electron chi connectivity index (χ4n) is 8.85. The minimum absolute atomic E-state index is 0.0345. The van der Waals surface area contributed by atoms with E-state index in [1.807, 2.05) is 86.5 Å². The second-order valence-corrected chi connectivity index (χ2v) is 20.3. The van der Waals surface area contributed by atoms with E-state index < -0.39 is 71.8 Å². The summed E-state index contributed by atoms with van der Waals surface area (Å²) in [5.74, 6) is -1.66. The lowest BCUT2D eigenvalue weighted by Crippen LogP contribution is -2.49. The average molecular weight is 1130 g/mol. The summed E-state index contributed by atoms with van der Waals surface area (Å²) in [4.78, 5) is 118. The van der Waals surface area contributed by atoms with Gasteiger partial charge in [0.15, 0.2) is 44.6 Å². The summed E-state index contributed by atoms with van der Waals surface area (Å²) in [6.45, 7) is 1.59. The van der Waals surface area contributed by atoms with Crippen molar-refractivity contribution >= 4 is 91.9 Å². The van der Waals surface area contributed by atoms with E-state index in [4.69, 9.17) is 18.9 Å². The van der Waals surface area contributed by atoms with Crippen LogP contribution in [0.2, 0.25) is 0 Å². The quantitative estimate of drug-likeness (QED) is 0.0714. The Kier molecular flexibility index (Phi) is 16.7. The molecular formula is C54H54N10O14S2. The first kappa shape index (κ1) is 55.5. The normalized spacial score (nSPS) is 16.8. The molecule has 4 aliphatic rings. The number of ether oxygens (including phenoxy) is 6. The monoisotopic (exact) mass is 1130 g/mol. The summed E-state index contributed by atoms with van der Waals surface area (Å²) in [6.07, 6.45) is 0.115. The summed E-state index contributed by atoms with van der Waals surface area (Å²) in [7, 11) is 10.1. The Balaban J connectivity index is 0.000000194. The predicted molar refractivity (Wildman–Crippen MR) is 292 cm³/mol. The molecule has 10 rings (SSSR count). The minimum atomic E-state index is -1.20. The number of rotatable bonds is 16. The zero-order valence-corrected chi connectivity index (χ0v) is 45.6. The molecule has 0 spiro atoms. The number of aromatic nitrogens is 2. The fourth-order valence-corrected chi connectivity index (χ4v) is 10.2. The van der Waals surface area contributed by atoms with Crippen molar-refractivity contribution in [1.29, 1.82) is 0 Å². The van der Waals surface area contributed by atoms with Gasteiger partial charge in [-0.3, -0.25) is 19.2 Å². The van der Waals surface area contributed by atoms with Crippen LogP contribution in [0.1, 0.15) is 55.3 Å². The fraction of sp³-hybridized carbons (Fsp3) is 0.296. The third-order valence-electron chi connectivity index (χ3n) is 13.0. The highest BCUT2D eigenvalue weighted by atomic mass is 32.1. The van der Waals surface area contributed by atoms with Crippen LogP contribution in [-0.2, 0) is 41.5 Å². The van der Waals surface area contributed by atoms with E-state index in [-0.39, 0.29) is 34.5 Å². The van der Waals surface area contributed by atoms with Crippen molar-refractivity contribution in [1.82, 2.24) is 30.4 Å². The van der Waals surface area contributed by atoms with Gasteiger partial charge < -0.3 is 59.5 Å². The molecule has 4 N–H and O–H groups in total. The largest absolute Gasteiger partial charge is 0.486 e. The number of carbonyl (C=O) groups is 8. The lowest BCUT2D eigenvalue weighted by molar-refractivity contribution is -0.134. The van der Waals surface area contributed by atoms with Crippen molar-refractivity contribution in [3.63, 3.8) is 0 Å². The van der Waals surface area contributed by atoms with Crippen LogP contribution in [0.15, 0.2) is 95.7 Å². The molecule has 0 radical (unpaired) electrons. The number of carbonyl (C=O) groups excluding carboxylic acids is 8. The van der Waals surface area contributed by atoms with Crippen molar-refractivity contribution < 1.29 is 66.8 Å². The lowest BCUT2D eigenvalue weighted by Gasteiger charge is -2.25. The van der Waals surface area contributed by atoms with Gasteiger partial charge in [0.1, 0.15) is 50.6 Å². The third-order valence-corrected chi connectivity index (χ3v) is 14.5. The van der Waals surface area contributed by atoms with E-state index in [0.717, 1.165) is 55.0 Å². The number of hydrogen-bond acceptors (Lipinski definition) is 20. The van der Waals surface area contributed by atoms with Gasteiger partial charge in [0.2, 0.25) is 11.8 Å². The molecule has 416 valence electrons. The Morgan fingerprint density at radius 3 is 1.29 bits per heavy atom. The lowest BCUT2D eigenvalue weighted by atomic mass is 10.0. The molecule has 0 unspecified atom stereocenters. The molecule has 80 heavy (non-hydrogen) atoms. The second-order valence-electron chi connectivity index (χ2n) is 18.6. The number of fused-ring (bicyclic) bond motifs is 2. The number of nitrogens with zero attached hydrogens (tertiary/aromatic N) is 6. The number of hydrogen-bond donors (Lipinski definition) is 4. The Morgan fingerprint density at radius 1 is 0.575 bits per heavy atom. The number of benzene rings is 4. The van der Waals surface area contributed by atoms with Crippen LogP contribution in [0.4, 0.5) is 31.2 Å². The molecule has 4 atom stereocenters. The van der Waals surface area contributed by atoms with Crippen molar-refractivity contribution in [3.8, 4) is 23.0 Å². The van der Waals surface area contributed by atoms with Crippen LogP contribution in [-0.4, -0.2) is 148 Å². The van der Waals surface area contributed by atoms with Gasteiger partial charge in [-0.25, -0.2) is 38.9 Å². The summed E-state index contributed by atoms with van der Waals surface area (Å²) < 4.78 is 31.7. The van der Waals surface area contributed by atoms with Crippen LogP contribution < -0.4 is 50.0 Å². The molecule has 24 nitrogen and oxygen atoms in total. The van der Waals surface area contributed by atoms with Crippen molar-refractivity contribution in [3.05, 3.63) is 129 Å². The molecule has 6 heterocycles. The Morgan fingerprint density at radius 2 is 0.938 bits per heavy atom. The zero-order chi connectivity index (χ0) is 56.8. The molecule has 6 aromatic rings. The highest BCUT2D eigenvalue weighted by Gasteiger charge is 2.47. The number of anilines is 4. The number of amides is 8. The maximum absolute atomic E-state index is 13.7. The van der Waals surface area contributed by atoms with Gasteiger partial charge in [0, 0.05) is 63.2 Å². The SMILES string of the molecule is COC(=O)c1csc(NC(=O)[C@H](Cc2ccc(N(C)C)cc2)N2C(=O)N[C@@H](c3ccc4c(c3)OCCO4)C2=O)n1.COC(=O)c1csc(NC(=O)[C@H](Cc2ccc(N(C)C)cc2)N2C(=O)N[C@H](c3ccc4c(c3)OCCO4)C2=O)n1. The molecule has 2 saturated heterocycles. The maximum atomic E-state index is 13.7. The van der Waals surface area contributed by atoms with Crippen LogP contribution in [0.3, 0.4) is 0 Å². The number of urea groups is 2. The summed E-state index contributed by atoms with van der Waals surface area (Å²) in [6, 6.07) is 19.1. The van der Waals surface area contributed by atoms with Gasteiger partial charge in [0.25, 0.3) is 11.8 Å². The standard InChI is InChI=1S/2C27H27N5O7S/c2*1-31(2)17-7-4-15(5-8-17)12-19(23(33)30-26-28-18(14-40-26)25(35)37-3)32-24(34)22(29-27(32)36)16-6-9-20-21(13-16)39-11-10-38-20/h2*4-9,13-14,19,22H,10-12H2,1-3H3,(H,29,36)(H,28,30,33)/t19-,22+;19-,22-/m00/s1. The number of imide groups is 2. The topological polar surface area (TPSA) is 279 Å². The van der Waals surface area contributed by atoms with Crippen molar-refractivity contribution in [2.75, 3.05) is 89.3 Å². The minimum Gasteiger partial charge on any atom is -0.486 e. The van der Waals surface area contributed by atoms with Crippen LogP contribution in [0.25, 0.3) is 0 Å². The summed E-state index contributed by atoms with van der Waals surface area (Å²) in [5, 5.41) is 13.8. The number of nitrogens with one attached hydrogen (secondary N) is 4. The smallest absolute Gasteiger partial charge is 0.357 e. The van der Waals surface area contributed by atoms with Gasteiger partial charge in [-0.15, -0.1) is 22.7 Å². The molecule has 4 aromatic carbocycles. The molecule has 2 fully saturated rings. The van der Waals surface area contributed by atoms with Gasteiger partial charge in [-0.05, 0) is 70.8 Å². The second kappa shape index (κ2) is 24.2. The zero-order valence-electron chi connectivity index (χ0n) is 44.0. The highest BCUT2D eigenvalue weighted by molar-refractivity contribution is 7.14. The van der Waals surface area contributed by atoms with Crippen molar-refractivity contribution in [2.45, 2.75) is 37.0 Å². The summed E-state index contributed by atoms with van der Waals surface area (Å²) >= 11 is 2.05. The maximum Gasteiger partial charge on any atom is 0.357 e. The Labute approximate surface area is 465 Å². The summed E-state index contributed by atoms with van der Waals surface area (Å²) in [5.41, 5.74) is 4.46. The van der Waals surface area contributed by atoms with Gasteiger partial charge in [0.05, 0.1) is 14.2 Å². The van der Waals surface area contributed by atoms with E-state index in [2.05, 4.69) is 40.7 Å². The van der Waals surface area contributed by atoms with E-state index in [1.54, 1.807) is 36.4 Å². The first-order chi connectivity index (χ1) is 38.5. The highest BCUT2D eigenvalue weighted by Crippen LogP contribution is 2.37. The Hall–Kier alpha value is -9.30. The number of methoxy groups -OCH3 is 2. The van der Waals surface area contributed by atoms with E-state index in [0.29, 0.717) is 60.6 Å². The predicted octanol–water partition coefficient (Wildman–Crippen LogP) is 5.22. The first-order valence-electron chi connectivity index (χ1n) is 24.8. The molecule has 8 amide bonds.